The zero-order valence-electron chi connectivity index (χ0n) is 79.0. The second-order valence-electron chi connectivity index (χ2n) is 37.2. The predicted octanol–water partition coefficient (Wildman–Crippen LogP) is 13.1. The molecule has 2 saturated carbocycles. The van der Waals surface area contributed by atoms with Gasteiger partial charge in [0.25, 0.3) is 0 Å². The summed E-state index contributed by atoms with van der Waals surface area (Å²) in [5.41, 5.74) is 28.6. The molecular weight excluding hydrogens is 1680 g/mol. The molecule has 2 aliphatic carbocycles. The lowest BCUT2D eigenvalue weighted by Crippen LogP contribution is -2.35. The van der Waals surface area contributed by atoms with Gasteiger partial charge in [0.05, 0.1) is 57.4 Å². The van der Waals surface area contributed by atoms with E-state index in [1.807, 2.05) is 157 Å². The highest BCUT2D eigenvalue weighted by atomic mass is 16.2. The van der Waals surface area contributed by atoms with Crippen molar-refractivity contribution in [1.29, 1.82) is 5.26 Å². The van der Waals surface area contributed by atoms with Crippen LogP contribution in [-0.4, -0.2) is 198 Å². The normalized spacial score (nSPS) is 16.0. The summed E-state index contributed by atoms with van der Waals surface area (Å²) in [6, 6.07) is 42.5. The van der Waals surface area contributed by atoms with Crippen LogP contribution in [0.4, 0.5) is 57.5 Å². The van der Waals surface area contributed by atoms with Crippen LogP contribution in [0.3, 0.4) is 0 Å². The lowest BCUT2D eigenvalue weighted by molar-refractivity contribution is -0.130. The Kier molecular flexibility index (Phi) is 24.8. The van der Waals surface area contributed by atoms with Crippen molar-refractivity contribution in [2.24, 2.45) is 54.1 Å². The van der Waals surface area contributed by atoms with Crippen molar-refractivity contribution in [3.63, 3.8) is 0 Å². The number of amides is 5. The maximum absolute atomic E-state index is 12.0. The first-order valence-corrected chi connectivity index (χ1v) is 47.1. The molecule has 13 aromatic rings. The van der Waals surface area contributed by atoms with Crippen LogP contribution in [0.1, 0.15) is 133 Å². The van der Waals surface area contributed by atoms with Gasteiger partial charge in [0, 0.05) is 302 Å². The number of rotatable bonds is 15. The number of aromatic nitrogens is 16. The van der Waals surface area contributed by atoms with Crippen molar-refractivity contribution < 1.29 is 24.0 Å². The van der Waals surface area contributed by atoms with Crippen LogP contribution in [-0.2, 0) is 163 Å². The maximum atomic E-state index is 12.0. The molecule has 8 aliphatic heterocycles. The van der Waals surface area contributed by atoms with Gasteiger partial charge in [0.15, 0.2) is 29.1 Å². The van der Waals surface area contributed by atoms with Crippen LogP contribution in [0.25, 0.3) is 33.4 Å². The van der Waals surface area contributed by atoms with Gasteiger partial charge in [-0.3, -0.25) is 61.4 Å². The van der Waals surface area contributed by atoms with Crippen molar-refractivity contribution in [3.8, 4) is 39.4 Å². The SMILES string of the molecule is CC(=O)N1CCc2c(c(N(C)c3ccc(-c4cnn(C)c4)cc3)nn2CC2CC2)C1.CC(=O)N1CCc2c(c(N(CC#N)c3ccc(-c4cnn(C)c4)cc3)nn2C)C1.CC(=O)N1CCc2c(c(N3CCc4ccc(-c5cnn(C)c5)cc43)nn2C)C1.CC(=O)N1CCc2c(c(N3CCc4ccccc43)nn2C)C1.CC(=O)N1CCc2c(c(N3CCc4ccccc43)nn2CC2CC2)C1. The summed E-state index contributed by atoms with van der Waals surface area (Å²) in [5, 5.41) is 46.6. The largest absolute Gasteiger partial charge is 0.338 e. The Hall–Kier alpha value is -14.4. The van der Waals surface area contributed by atoms with E-state index >= 15 is 0 Å². The van der Waals surface area contributed by atoms with E-state index in [9.17, 15) is 29.2 Å². The highest BCUT2D eigenvalue weighted by Gasteiger charge is 2.39. The molecule has 32 heteroatoms. The van der Waals surface area contributed by atoms with Gasteiger partial charge in [-0.1, -0.05) is 72.8 Å². The monoisotopic (exact) mass is 1800 g/mol. The van der Waals surface area contributed by atoms with E-state index in [0.717, 1.165) is 207 Å². The summed E-state index contributed by atoms with van der Waals surface area (Å²) in [5.74, 6) is 6.96. The van der Waals surface area contributed by atoms with E-state index in [2.05, 4.69) is 148 Å². The second-order valence-corrected chi connectivity index (χ2v) is 37.2. The van der Waals surface area contributed by atoms with Crippen molar-refractivity contribution >= 4 is 87.1 Å². The van der Waals surface area contributed by atoms with Crippen molar-refractivity contribution in [2.75, 3.05) is 90.5 Å². The minimum Gasteiger partial charge on any atom is -0.338 e. The average molecular weight is 1800 g/mol. The number of benzene rings is 5. The Morgan fingerprint density at radius 3 is 1.14 bits per heavy atom. The van der Waals surface area contributed by atoms with Gasteiger partial charge in [-0.25, -0.2) is 0 Å². The van der Waals surface area contributed by atoms with Crippen LogP contribution in [0.15, 0.2) is 152 Å². The molecule has 23 rings (SSSR count). The molecule has 10 aliphatic rings. The number of nitriles is 1. The van der Waals surface area contributed by atoms with Crippen LogP contribution in [0.2, 0.25) is 0 Å². The zero-order valence-corrected chi connectivity index (χ0v) is 79.0. The maximum Gasteiger partial charge on any atom is 0.219 e. The van der Waals surface area contributed by atoms with Crippen molar-refractivity contribution in [1.82, 2.24) is 103 Å². The first-order chi connectivity index (χ1) is 64.8. The second kappa shape index (κ2) is 37.3. The number of carbonyl (C=O) groups is 5. The van der Waals surface area contributed by atoms with Crippen molar-refractivity contribution in [3.05, 3.63) is 225 Å². The van der Waals surface area contributed by atoms with Gasteiger partial charge >= 0.3 is 0 Å². The van der Waals surface area contributed by atoms with E-state index in [1.165, 1.54) is 104 Å². The molecule has 134 heavy (non-hydrogen) atoms. The molecule has 0 N–H and O–H groups in total. The molecule has 0 spiro atoms. The van der Waals surface area contributed by atoms with Crippen molar-refractivity contribution in [2.45, 2.75) is 157 Å². The van der Waals surface area contributed by atoms with Gasteiger partial charge in [-0.2, -0.15) is 46.1 Å². The lowest BCUT2D eigenvalue weighted by Gasteiger charge is -2.28. The fraction of sp³-hybridized carbons (Fsp3) is 0.412. The van der Waals surface area contributed by atoms with Gasteiger partial charge < -0.3 is 49.0 Å². The smallest absolute Gasteiger partial charge is 0.219 e. The van der Waals surface area contributed by atoms with Gasteiger partial charge in [0.1, 0.15) is 6.54 Å². The Bertz CT molecular complexity index is 6650. The number of fused-ring (bicyclic) bond motifs is 8. The van der Waals surface area contributed by atoms with E-state index in [4.69, 9.17) is 25.5 Å². The van der Waals surface area contributed by atoms with E-state index in [-0.39, 0.29) is 36.1 Å². The minimum atomic E-state index is 0.0538. The molecule has 5 amide bonds. The quantitative estimate of drug-likeness (QED) is 0.0862. The first kappa shape index (κ1) is 88.9. The number of aryl methyl sites for hydroxylation is 6. The highest BCUT2D eigenvalue weighted by Crippen LogP contribution is 2.46. The number of nitrogens with zero attached hydrogens (tertiary/aromatic N) is 27. The van der Waals surface area contributed by atoms with E-state index < -0.39 is 0 Å². The third-order valence-corrected chi connectivity index (χ3v) is 28.2. The summed E-state index contributed by atoms with van der Waals surface area (Å²) < 4.78 is 15.7. The van der Waals surface area contributed by atoms with Crippen LogP contribution >= 0.6 is 0 Å². The highest BCUT2D eigenvalue weighted by molar-refractivity contribution is 5.82. The third-order valence-electron chi connectivity index (χ3n) is 28.2. The number of para-hydroxylation sites is 2. The number of carbonyl (C=O) groups excluding carboxylic acids is 5. The molecular formula is C102H119N27O5. The Balaban J connectivity index is 0.000000108. The van der Waals surface area contributed by atoms with Crippen LogP contribution < -0.4 is 24.5 Å². The van der Waals surface area contributed by atoms with Crippen LogP contribution in [0, 0.1) is 23.2 Å². The third kappa shape index (κ3) is 18.2. The fourth-order valence-electron chi connectivity index (χ4n) is 20.3. The topological polar surface area (TPSA) is 284 Å². The molecule has 32 nitrogen and oxygen atoms in total. The summed E-state index contributed by atoms with van der Waals surface area (Å²) in [4.78, 5) is 80.1. The molecule has 8 aromatic heterocycles. The Morgan fingerprint density at radius 2 is 0.716 bits per heavy atom. The first-order valence-electron chi connectivity index (χ1n) is 47.1. The molecule has 16 heterocycles. The summed E-state index contributed by atoms with van der Waals surface area (Å²) in [6.07, 6.45) is 24.3. The Morgan fingerprint density at radius 1 is 0.366 bits per heavy atom. The molecule has 692 valence electrons. The standard InChI is InChI=1S/C23H28N6O.C21H23N7O.C21H24N6O.C20H24N4O.C17H20N4O/c1-16(30)28-11-10-22-21(15-28)23(25-29(22)13-17-4-5-17)27(3)20-8-6-18(7-9-20)19-12-24-26(2)14-19;1-15(29)27-10-8-20-19(14-27)21(24-26(20)3)28(11-9-22)18-6-4-16(5-7-18)17-12-23-25(2)13-17;1-14(28)26-8-7-19-18(13-26)21(23-25(19)3)27-9-6-15-4-5-16(10-20(15)27)17-11-22-24(2)12-17;1-14(25)22-10-9-19-17(13-22)20(21-24(19)12-15-6-7-15)23-11-8-16-4-2-3-5-18(16)23;1-12(22)20-9-8-16-14(11-20)17(18-19(16)2)21-10-7-13-5-3-4-6-15(13)21/h6-9,12,14,17H,4-5,10-11,13,15H2,1-3H3;4-7,12-13H,8,10-11,14H2,1-3H3;4-5,10-12H,6-9,13H2,1-3H3;2-5,15H,6-13H2,1H3;3-6H,7-11H2,1-2H3. The molecule has 2 fully saturated rings. The van der Waals surface area contributed by atoms with E-state index in [1.54, 1.807) is 39.3 Å². The number of anilines is 10. The number of hydrogen-bond donors (Lipinski definition) is 0. The summed E-state index contributed by atoms with van der Waals surface area (Å²) >= 11 is 0. The summed E-state index contributed by atoms with van der Waals surface area (Å²) in [6.45, 7) is 20.3. The molecule has 0 radical (unpaired) electrons. The van der Waals surface area contributed by atoms with Gasteiger partial charge in [-0.05, 0) is 133 Å². The lowest BCUT2D eigenvalue weighted by atomic mass is 10.0. The number of hydrogen-bond acceptors (Lipinski definition) is 19. The zero-order chi connectivity index (χ0) is 93.0. The van der Waals surface area contributed by atoms with Crippen LogP contribution in [0.5, 0.6) is 0 Å². The summed E-state index contributed by atoms with van der Waals surface area (Å²) in [7, 11) is 13.8. The van der Waals surface area contributed by atoms with E-state index in [0.29, 0.717) is 39.3 Å². The molecule has 0 saturated heterocycles. The average Bonchev–Trinajstić information content (AvgIpc) is 1.63. The molecule has 0 bridgehead atoms. The van der Waals surface area contributed by atoms with Gasteiger partial charge in [0.2, 0.25) is 29.5 Å². The molecule has 0 unspecified atom stereocenters. The van der Waals surface area contributed by atoms with Gasteiger partial charge in [-0.15, -0.1) is 0 Å². The Labute approximate surface area is 781 Å². The molecule has 5 aromatic carbocycles. The predicted molar refractivity (Wildman–Crippen MR) is 515 cm³/mol. The fourth-order valence-corrected chi connectivity index (χ4v) is 20.3. The minimum absolute atomic E-state index is 0.0538. The molecule has 0 atom stereocenters.